The third-order valence-electron chi connectivity index (χ3n) is 2.96. The molecule has 2 aromatic carbocycles. The number of rotatable bonds is 2. The van der Waals surface area contributed by atoms with Crippen molar-refractivity contribution >= 4 is 34.1 Å². The van der Waals surface area contributed by atoms with E-state index in [1.807, 2.05) is 24.5 Å². The number of fused-ring (bicyclic) bond motifs is 1. The van der Waals surface area contributed by atoms with E-state index in [9.17, 15) is 0 Å². The van der Waals surface area contributed by atoms with E-state index in [0.29, 0.717) is 0 Å². The van der Waals surface area contributed by atoms with Crippen LogP contribution >= 0.6 is 23.4 Å². The molecule has 0 aliphatic carbocycles. The van der Waals surface area contributed by atoms with Gasteiger partial charge in [-0.1, -0.05) is 53.2 Å². The van der Waals surface area contributed by atoms with E-state index in [1.165, 1.54) is 10.5 Å². The summed E-state index contributed by atoms with van der Waals surface area (Å²) in [5, 5.41) is 2.89. The minimum Gasteiger partial charge on any atom is -0.263 e. The molecule has 0 radical (unpaired) electrons. The molecule has 3 aromatic rings. The molecule has 0 atom stereocenters. The van der Waals surface area contributed by atoms with Gasteiger partial charge in [-0.2, -0.15) is 0 Å². The van der Waals surface area contributed by atoms with Gasteiger partial charge in [0.25, 0.3) is 0 Å². The number of aryl methyl sites for hydroxylation is 1. The van der Waals surface area contributed by atoms with Crippen molar-refractivity contribution in [1.82, 2.24) is 4.98 Å². The molecule has 0 saturated carbocycles. The van der Waals surface area contributed by atoms with Crippen molar-refractivity contribution in [2.24, 2.45) is 0 Å². The van der Waals surface area contributed by atoms with E-state index in [1.54, 1.807) is 11.8 Å². The van der Waals surface area contributed by atoms with Gasteiger partial charge in [0, 0.05) is 38.0 Å². The average molecular weight is 286 g/mol. The summed E-state index contributed by atoms with van der Waals surface area (Å²) in [5.41, 5.74) is 1.27. The Bertz CT molecular complexity index is 722. The summed E-state index contributed by atoms with van der Waals surface area (Å²) in [5.74, 6) is 0. The standard InChI is InChI=1S/C16H12ClNS/c1-11-5-7-12(8-6-11)19-16-10-18-9-14-13(16)3-2-4-15(14)17/h2-10H,1H3. The van der Waals surface area contributed by atoms with Crippen LogP contribution in [0, 0.1) is 6.92 Å². The second-order valence-electron chi connectivity index (χ2n) is 4.39. The van der Waals surface area contributed by atoms with E-state index < -0.39 is 0 Å². The van der Waals surface area contributed by atoms with Crippen molar-refractivity contribution in [2.45, 2.75) is 16.7 Å². The molecule has 1 nitrogen and oxygen atoms in total. The third-order valence-corrected chi connectivity index (χ3v) is 4.35. The molecular formula is C16H12ClNS. The van der Waals surface area contributed by atoms with Crippen LogP contribution in [0.25, 0.3) is 10.8 Å². The molecule has 0 N–H and O–H groups in total. The summed E-state index contributed by atoms with van der Waals surface area (Å²) in [4.78, 5) is 6.62. The molecule has 3 rings (SSSR count). The van der Waals surface area contributed by atoms with Crippen molar-refractivity contribution in [3.8, 4) is 0 Å². The van der Waals surface area contributed by atoms with Crippen LogP contribution in [0.1, 0.15) is 5.56 Å². The lowest BCUT2D eigenvalue weighted by atomic mass is 10.2. The maximum absolute atomic E-state index is 6.20. The predicted molar refractivity (Wildman–Crippen MR) is 82.1 cm³/mol. The first-order valence-electron chi connectivity index (χ1n) is 6.01. The molecule has 1 heterocycles. The number of aromatic nitrogens is 1. The Labute approximate surface area is 121 Å². The summed E-state index contributed by atoms with van der Waals surface area (Å²) < 4.78 is 0. The van der Waals surface area contributed by atoms with Gasteiger partial charge < -0.3 is 0 Å². The zero-order chi connectivity index (χ0) is 13.2. The molecule has 94 valence electrons. The van der Waals surface area contributed by atoms with Gasteiger partial charge in [-0.25, -0.2) is 0 Å². The quantitative estimate of drug-likeness (QED) is 0.630. The Morgan fingerprint density at radius 3 is 2.53 bits per heavy atom. The van der Waals surface area contributed by atoms with Gasteiger partial charge in [0.2, 0.25) is 0 Å². The van der Waals surface area contributed by atoms with Crippen molar-refractivity contribution in [2.75, 3.05) is 0 Å². The van der Waals surface area contributed by atoms with E-state index in [4.69, 9.17) is 11.6 Å². The summed E-state index contributed by atoms with van der Waals surface area (Å²) in [6, 6.07) is 14.4. The molecule has 19 heavy (non-hydrogen) atoms. The first-order valence-corrected chi connectivity index (χ1v) is 7.20. The van der Waals surface area contributed by atoms with Crippen LogP contribution in [-0.4, -0.2) is 4.98 Å². The van der Waals surface area contributed by atoms with Crippen LogP contribution in [0.5, 0.6) is 0 Å². The minimum atomic E-state index is 0.747. The average Bonchev–Trinajstić information content (AvgIpc) is 2.43. The highest BCUT2D eigenvalue weighted by atomic mass is 35.5. The van der Waals surface area contributed by atoms with E-state index in [-0.39, 0.29) is 0 Å². The first kappa shape index (κ1) is 12.5. The summed E-state index contributed by atoms with van der Waals surface area (Å²) in [7, 11) is 0. The van der Waals surface area contributed by atoms with Crippen molar-refractivity contribution in [3.05, 3.63) is 65.4 Å². The molecule has 3 heteroatoms. The highest BCUT2D eigenvalue weighted by molar-refractivity contribution is 7.99. The van der Waals surface area contributed by atoms with Crippen molar-refractivity contribution < 1.29 is 0 Å². The zero-order valence-electron chi connectivity index (χ0n) is 10.4. The van der Waals surface area contributed by atoms with E-state index in [2.05, 4.69) is 42.2 Å². The lowest BCUT2D eigenvalue weighted by molar-refractivity contribution is 1.28. The van der Waals surface area contributed by atoms with Crippen LogP contribution < -0.4 is 0 Å². The van der Waals surface area contributed by atoms with E-state index in [0.717, 1.165) is 20.7 Å². The molecular weight excluding hydrogens is 274 g/mol. The van der Waals surface area contributed by atoms with Gasteiger partial charge in [0.05, 0.1) is 0 Å². The maximum atomic E-state index is 6.20. The number of halogens is 1. The fourth-order valence-electron chi connectivity index (χ4n) is 1.95. The maximum Gasteiger partial charge on any atom is 0.0500 e. The van der Waals surface area contributed by atoms with Crippen LogP contribution in [0.3, 0.4) is 0 Å². The van der Waals surface area contributed by atoms with Crippen LogP contribution in [-0.2, 0) is 0 Å². The van der Waals surface area contributed by atoms with Crippen LogP contribution in [0.2, 0.25) is 5.02 Å². The highest BCUT2D eigenvalue weighted by Crippen LogP contribution is 2.34. The topological polar surface area (TPSA) is 12.9 Å². The molecule has 0 amide bonds. The van der Waals surface area contributed by atoms with Gasteiger partial charge in [0.1, 0.15) is 0 Å². The number of hydrogen-bond acceptors (Lipinski definition) is 2. The second-order valence-corrected chi connectivity index (χ2v) is 5.91. The van der Waals surface area contributed by atoms with Gasteiger partial charge in [0.15, 0.2) is 0 Å². The number of nitrogens with zero attached hydrogens (tertiary/aromatic N) is 1. The van der Waals surface area contributed by atoms with E-state index >= 15 is 0 Å². The summed E-state index contributed by atoms with van der Waals surface area (Å²) in [6.45, 7) is 2.09. The lowest BCUT2D eigenvalue weighted by Gasteiger charge is -2.07. The molecule has 0 aliphatic rings. The van der Waals surface area contributed by atoms with Crippen molar-refractivity contribution in [3.63, 3.8) is 0 Å². The normalized spacial score (nSPS) is 10.8. The fraction of sp³-hybridized carbons (Fsp3) is 0.0625. The Hall–Kier alpha value is -1.51. The summed E-state index contributed by atoms with van der Waals surface area (Å²) in [6.07, 6.45) is 3.71. The predicted octanol–water partition coefficient (Wildman–Crippen LogP) is 5.35. The fourth-order valence-corrected chi connectivity index (χ4v) is 3.10. The van der Waals surface area contributed by atoms with Gasteiger partial charge in [-0.15, -0.1) is 0 Å². The molecule has 0 spiro atoms. The third kappa shape index (κ3) is 2.60. The van der Waals surface area contributed by atoms with Crippen LogP contribution in [0.15, 0.2) is 64.6 Å². The largest absolute Gasteiger partial charge is 0.263 e. The minimum absolute atomic E-state index is 0.747. The Morgan fingerprint density at radius 1 is 0.947 bits per heavy atom. The number of pyridine rings is 1. The first-order chi connectivity index (χ1) is 9.24. The van der Waals surface area contributed by atoms with Gasteiger partial charge >= 0.3 is 0 Å². The van der Waals surface area contributed by atoms with Crippen molar-refractivity contribution in [1.29, 1.82) is 0 Å². The summed E-state index contributed by atoms with van der Waals surface area (Å²) >= 11 is 7.92. The number of hydrogen-bond donors (Lipinski definition) is 0. The monoisotopic (exact) mass is 285 g/mol. The second kappa shape index (κ2) is 5.24. The highest BCUT2D eigenvalue weighted by Gasteiger charge is 2.06. The molecule has 0 saturated heterocycles. The molecule has 1 aromatic heterocycles. The molecule has 0 bridgehead atoms. The smallest absolute Gasteiger partial charge is 0.0500 e. The zero-order valence-corrected chi connectivity index (χ0v) is 12.0. The number of benzene rings is 2. The molecule has 0 fully saturated rings. The molecule has 0 aliphatic heterocycles. The van der Waals surface area contributed by atoms with Gasteiger partial charge in [-0.05, 0) is 25.1 Å². The van der Waals surface area contributed by atoms with Gasteiger partial charge in [-0.3, -0.25) is 4.98 Å². The SMILES string of the molecule is Cc1ccc(Sc2cncc3c(Cl)cccc23)cc1. The van der Waals surface area contributed by atoms with Crippen LogP contribution in [0.4, 0.5) is 0 Å². The Morgan fingerprint density at radius 2 is 1.74 bits per heavy atom. The Kier molecular flexibility index (Phi) is 3.45. The lowest BCUT2D eigenvalue weighted by Crippen LogP contribution is -1.82. The Balaban J connectivity index is 2.06. The molecule has 0 unspecified atom stereocenters.